The molecular formula is C21H20N6O2. The van der Waals surface area contributed by atoms with Crippen molar-refractivity contribution < 1.29 is 4.79 Å². The highest BCUT2D eigenvalue weighted by Gasteiger charge is 2.13. The number of aryl methyl sites for hydroxylation is 1. The molecule has 1 unspecified atom stereocenters. The zero-order valence-corrected chi connectivity index (χ0v) is 16.1. The van der Waals surface area contributed by atoms with Gasteiger partial charge in [-0.2, -0.15) is 5.10 Å². The molecule has 4 aromatic rings. The van der Waals surface area contributed by atoms with Gasteiger partial charge in [0.2, 0.25) is 5.91 Å². The minimum absolute atomic E-state index is 0.0862. The van der Waals surface area contributed by atoms with Crippen LogP contribution in [0.25, 0.3) is 16.6 Å². The molecule has 0 saturated heterocycles. The summed E-state index contributed by atoms with van der Waals surface area (Å²) in [4.78, 5) is 33.4. The number of aromatic nitrogens is 5. The smallest absolute Gasteiger partial charge is 0.261 e. The maximum Gasteiger partial charge on any atom is 0.261 e. The summed E-state index contributed by atoms with van der Waals surface area (Å²) in [6.45, 7) is 3.71. The highest BCUT2D eigenvalue weighted by Crippen LogP contribution is 2.15. The van der Waals surface area contributed by atoms with E-state index in [-0.39, 0.29) is 24.1 Å². The summed E-state index contributed by atoms with van der Waals surface area (Å²) in [6.07, 6.45) is 4.52. The Balaban J connectivity index is 1.46. The molecule has 0 aliphatic carbocycles. The van der Waals surface area contributed by atoms with Crippen molar-refractivity contribution >= 4 is 16.8 Å². The lowest BCUT2D eigenvalue weighted by Crippen LogP contribution is -2.34. The van der Waals surface area contributed by atoms with Gasteiger partial charge in [-0.25, -0.2) is 14.6 Å². The molecule has 1 atom stereocenters. The van der Waals surface area contributed by atoms with Crippen molar-refractivity contribution in [1.82, 2.24) is 29.6 Å². The SMILES string of the molecule is Cc1cccc2c(=O)n(CC(=O)NC(C)c3ccc(-n4cncn4)cc3)cnc12. The number of para-hydroxylation sites is 1. The molecule has 0 spiro atoms. The third-order valence-electron chi connectivity index (χ3n) is 4.82. The molecule has 0 saturated carbocycles. The predicted octanol–water partition coefficient (Wildman–Crippen LogP) is 2.16. The van der Waals surface area contributed by atoms with Crippen molar-refractivity contribution in [2.45, 2.75) is 26.4 Å². The quantitative estimate of drug-likeness (QED) is 0.565. The average molecular weight is 388 g/mol. The maximum atomic E-state index is 12.7. The first-order valence-corrected chi connectivity index (χ1v) is 9.22. The Labute approximate surface area is 166 Å². The highest BCUT2D eigenvalue weighted by molar-refractivity contribution is 5.81. The van der Waals surface area contributed by atoms with Gasteiger partial charge in [0, 0.05) is 0 Å². The van der Waals surface area contributed by atoms with Gasteiger partial charge < -0.3 is 5.32 Å². The Morgan fingerprint density at radius 2 is 1.93 bits per heavy atom. The topological polar surface area (TPSA) is 94.7 Å². The van der Waals surface area contributed by atoms with Crippen LogP contribution in [0.3, 0.4) is 0 Å². The summed E-state index contributed by atoms with van der Waals surface area (Å²) in [5, 5.41) is 7.52. The lowest BCUT2D eigenvalue weighted by molar-refractivity contribution is -0.122. The lowest BCUT2D eigenvalue weighted by Gasteiger charge is -2.15. The number of fused-ring (bicyclic) bond motifs is 1. The van der Waals surface area contributed by atoms with Crippen molar-refractivity contribution in [1.29, 1.82) is 0 Å². The molecule has 8 heteroatoms. The molecule has 0 aliphatic heterocycles. The molecule has 0 bridgehead atoms. The Bertz CT molecular complexity index is 1210. The summed E-state index contributed by atoms with van der Waals surface area (Å²) in [5.41, 5.74) is 3.20. The van der Waals surface area contributed by atoms with Crippen LogP contribution >= 0.6 is 0 Å². The minimum atomic E-state index is -0.256. The first kappa shape index (κ1) is 18.5. The standard InChI is InChI=1S/C21H20N6O2/c1-14-4-3-5-18-20(14)23-13-26(21(18)29)10-19(28)25-15(2)16-6-8-17(9-7-16)27-12-22-11-24-27/h3-9,11-13,15H,10H2,1-2H3,(H,25,28). The van der Waals surface area contributed by atoms with E-state index in [2.05, 4.69) is 20.4 Å². The number of amides is 1. The van der Waals surface area contributed by atoms with Crippen LogP contribution in [0.1, 0.15) is 24.1 Å². The van der Waals surface area contributed by atoms with Crippen LogP contribution in [0.4, 0.5) is 0 Å². The van der Waals surface area contributed by atoms with Gasteiger partial charge in [0.05, 0.1) is 29.0 Å². The summed E-state index contributed by atoms with van der Waals surface area (Å²) in [5.74, 6) is -0.256. The van der Waals surface area contributed by atoms with Gasteiger partial charge in [0.25, 0.3) is 5.56 Å². The fraction of sp³-hybridized carbons (Fsp3) is 0.190. The molecule has 2 aromatic heterocycles. The van der Waals surface area contributed by atoms with E-state index in [1.807, 2.05) is 50.2 Å². The van der Waals surface area contributed by atoms with Crippen LogP contribution in [0.2, 0.25) is 0 Å². The van der Waals surface area contributed by atoms with Gasteiger partial charge in [-0.15, -0.1) is 0 Å². The molecule has 8 nitrogen and oxygen atoms in total. The van der Waals surface area contributed by atoms with Gasteiger partial charge in [0.15, 0.2) is 0 Å². The van der Waals surface area contributed by atoms with Crippen molar-refractivity contribution in [3.63, 3.8) is 0 Å². The molecule has 1 N–H and O–H groups in total. The van der Waals surface area contributed by atoms with Crippen LogP contribution in [0.5, 0.6) is 0 Å². The van der Waals surface area contributed by atoms with Crippen molar-refractivity contribution in [3.05, 3.63) is 82.9 Å². The number of carbonyl (C=O) groups is 1. The van der Waals surface area contributed by atoms with E-state index in [1.54, 1.807) is 17.1 Å². The number of nitrogens with zero attached hydrogens (tertiary/aromatic N) is 5. The Morgan fingerprint density at radius 1 is 1.14 bits per heavy atom. The van der Waals surface area contributed by atoms with Gasteiger partial charge >= 0.3 is 0 Å². The fourth-order valence-electron chi connectivity index (χ4n) is 3.23. The van der Waals surface area contributed by atoms with E-state index in [4.69, 9.17) is 0 Å². The van der Waals surface area contributed by atoms with Crippen LogP contribution in [-0.4, -0.2) is 30.2 Å². The lowest BCUT2D eigenvalue weighted by atomic mass is 10.1. The van der Waals surface area contributed by atoms with E-state index < -0.39 is 0 Å². The Morgan fingerprint density at radius 3 is 2.66 bits per heavy atom. The molecule has 0 radical (unpaired) electrons. The van der Waals surface area contributed by atoms with Gasteiger partial charge in [-0.1, -0.05) is 24.3 Å². The van der Waals surface area contributed by atoms with E-state index in [0.717, 1.165) is 16.8 Å². The molecule has 2 heterocycles. The summed E-state index contributed by atoms with van der Waals surface area (Å²) in [6, 6.07) is 12.9. The largest absolute Gasteiger partial charge is 0.348 e. The first-order chi connectivity index (χ1) is 14.0. The Hall–Kier alpha value is -3.81. The van der Waals surface area contributed by atoms with Crippen molar-refractivity contribution in [2.75, 3.05) is 0 Å². The van der Waals surface area contributed by atoms with Crippen LogP contribution < -0.4 is 10.9 Å². The Kier molecular flexibility index (Phi) is 4.90. The zero-order chi connectivity index (χ0) is 20.4. The van der Waals surface area contributed by atoms with E-state index in [9.17, 15) is 9.59 Å². The van der Waals surface area contributed by atoms with Crippen LogP contribution in [-0.2, 0) is 11.3 Å². The number of carbonyl (C=O) groups excluding carboxylic acids is 1. The van der Waals surface area contributed by atoms with Crippen molar-refractivity contribution in [2.24, 2.45) is 0 Å². The second kappa shape index (κ2) is 7.67. The molecular weight excluding hydrogens is 368 g/mol. The van der Waals surface area contributed by atoms with Crippen LogP contribution in [0.15, 0.2) is 66.2 Å². The summed E-state index contributed by atoms with van der Waals surface area (Å²) < 4.78 is 2.99. The molecule has 0 fully saturated rings. The fourth-order valence-corrected chi connectivity index (χ4v) is 3.23. The first-order valence-electron chi connectivity index (χ1n) is 9.22. The molecule has 0 aliphatic rings. The third kappa shape index (κ3) is 3.77. The van der Waals surface area contributed by atoms with Crippen molar-refractivity contribution in [3.8, 4) is 5.69 Å². The zero-order valence-electron chi connectivity index (χ0n) is 16.1. The second-order valence-electron chi connectivity index (χ2n) is 6.87. The summed E-state index contributed by atoms with van der Waals surface area (Å²) in [7, 11) is 0. The van der Waals surface area contributed by atoms with Gasteiger partial charge in [-0.05, 0) is 43.2 Å². The normalized spacial score (nSPS) is 12.1. The van der Waals surface area contributed by atoms with E-state index in [1.165, 1.54) is 17.2 Å². The van der Waals surface area contributed by atoms with E-state index >= 15 is 0 Å². The molecule has 29 heavy (non-hydrogen) atoms. The molecule has 1 amide bonds. The number of benzene rings is 2. The summed E-state index contributed by atoms with van der Waals surface area (Å²) >= 11 is 0. The second-order valence-corrected chi connectivity index (χ2v) is 6.87. The number of hydrogen-bond donors (Lipinski definition) is 1. The minimum Gasteiger partial charge on any atom is -0.348 e. The third-order valence-corrected chi connectivity index (χ3v) is 4.82. The van der Waals surface area contributed by atoms with Gasteiger partial charge in [0.1, 0.15) is 19.2 Å². The van der Waals surface area contributed by atoms with Gasteiger partial charge in [-0.3, -0.25) is 14.2 Å². The van der Waals surface area contributed by atoms with Crippen LogP contribution in [0, 0.1) is 6.92 Å². The predicted molar refractivity (Wildman–Crippen MR) is 109 cm³/mol. The van der Waals surface area contributed by atoms with E-state index in [0.29, 0.717) is 10.9 Å². The molecule has 4 rings (SSSR count). The molecule has 2 aromatic carbocycles. The number of hydrogen-bond acceptors (Lipinski definition) is 5. The number of rotatable bonds is 5. The molecule has 146 valence electrons. The average Bonchev–Trinajstić information content (AvgIpc) is 3.25. The number of nitrogens with one attached hydrogen (secondary N) is 1. The highest BCUT2D eigenvalue weighted by atomic mass is 16.2. The monoisotopic (exact) mass is 388 g/mol. The maximum absolute atomic E-state index is 12.7.